The Kier molecular flexibility index (Phi) is 3.34. The molecule has 0 saturated heterocycles. The Labute approximate surface area is 74.2 Å². The molecule has 62 valence electrons. The summed E-state index contributed by atoms with van der Waals surface area (Å²) in [5, 5.41) is 0. The summed E-state index contributed by atoms with van der Waals surface area (Å²) in [7, 11) is 0. The van der Waals surface area contributed by atoms with Crippen molar-refractivity contribution in [2.45, 2.75) is 13.3 Å². The second-order valence-corrected chi connectivity index (χ2v) is 2.73. The van der Waals surface area contributed by atoms with Crippen LogP contribution in [0.4, 0.5) is 0 Å². The van der Waals surface area contributed by atoms with Crippen molar-refractivity contribution in [1.82, 2.24) is 0 Å². The van der Waals surface area contributed by atoms with Crippen molar-refractivity contribution in [2.24, 2.45) is 0 Å². The molecule has 0 aliphatic heterocycles. The number of rotatable bonds is 3. The maximum Gasteiger partial charge on any atom is -0.00293 e. The first-order valence-corrected chi connectivity index (χ1v) is 4.18. The maximum atomic E-state index is 3.76. The van der Waals surface area contributed by atoms with E-state index in [4.69, 9.17) is 0 Å². The first kappa shape index (κ1) is 8.79. The standard InChI is InChI=1S/C12H14/c1-3-11(4-2)10-12-8-6-5-7-9-12/h3-9H,1,10H2,2H3/b11-4+. The van der Waals surface area contributed by atoms with Crippen molar-refractivity contribution in [2.75, 3.05) is 0 Å². The molecular weight excluding hydrogens is 144 g/mol. The normalized spacial score (nSPS) is 11.2. The molecule has 0 unspecified atom stereocenters. The number of hydrogen-bond donors (Lipinski definition) is 0. The molecule has 1 rings (SSSR count). The minimum Gasteiger partial charge on any atom is -0.0988 e. The second-order valence-electron chi connectivity index (χ2n) is 2.73. The lowest BCUT2D eigenvalue weighted by atomic mass is 10.1. The fourth-order valence-electron chi connectivity index (χ4n) is 1.12. The van der Waals surface area contributed by atoms with Gasteiger partial charge in [-0.2, -0.15) is 0 Å². The third-order valence-corrected chi connectivity index (χ3v) is 1.88. The molecule has 0 aromatic heterocycles. The Morgan fingerprint density at radius 1 is 1.33 bits per heavy atom. The van der Waals surface area contributed by atoms with E-state index in [9.17, 15) is 0 Å². The summed E-state index contributed by atoms with van der Waals surface area (Å²) in [4.78, 5) is 0. The van der Waals surface area contributed by atoms with Crippen LogP contribution in [-0.2, 0) is 6.42 Å². The van der Waals surface area contributed by atoms with Crippen molar-refractivity contribution >= 4 is 0 Å². The Balaban J connectivity index is 2.70. The van der Waals surface area contributed by atoms with E-state index in [2.05, 4.69) is 36.9 Å². The van der Waals surface area contributed by atoms with E-state index in [0.29, 0.717) is 0 Å². The van der Waals surface area contributed by atoms with Crippen molar-refractivity contribution in [1.29, 1.82) is 0 Å². The highest BCUT2D eigenvalue weighted by Gasteiger charge is 1.92. The molecule has 1 aromatic carbocycles. The number of benzene rings is 1. The number of hydrogen-bond acceptors (Lipinski definition) is 0. The first-order valence-electron chi connectivity index (χ1n) is 4.18. The van der Waals surface area contributed by atoms with Gasteiger partial charge in [0.25, 0.3) is 0 Å². The van der Waals surface area contributed by atoms with Gasteiger partial charge in [0, 0.05) is 0 Å². The highest BCUT2D eigenvalue weighted by atomic mass is 14.0. The molecule has 0 aliphatic rings. The minimum atomic E-state index is 0.987. The number of allylic oxidation sites excluding steroid dienone is 3. The highest BCUT2D eigenvalue weighted by molar-refractivity contribution is 5.26. The van der Waals surface area contributed by atoms with E-state index in [1.165, 1.54) is 11.1 Å². The summed E-state index contributed by atoms with van der Waals surface area (Å²) >= 11 is 0. The summed E-state index contributed by atoms with van der Waals surface area (Å²) in [6, 6.07) is 10.4. The van der Waals surface area contributed by atoms with Crippen LogP contribution in [0.1, 0.15) is 12.5 Å². The van der Waals surface area contributed by atoms with Crippen LogP contribution in [0, 0.1) is 0 Å². The van der Waals surface area contributed by atoms with Crippen molar-refractivity contribution in [3.05, 3.63) is 60.2 Å². The Morgan fingerprint density at radius 2 is 2.00 bits per heavy atom. The molecule has 0 nitrogen and oxygen atoms in total. The lowest BCUT2D eigenvalue weighted by molar-refractivity contribution is 1.19. The van der Waals surface area contributed by atoms with Gasteiger partial charge in [-0.1, -0.05) is 49.1 Å². The Bertz CT molecular complexity index is 267. The van der Waals surface area contributed by atoms with E-state index in [-0.39, 0.29) is 0 Å². The van der Waals surface area contributed by atoms with Gasteiger partial charge in [0.1, 0.15) is 0 Å². The average molecular weight is 158 g/mol. The largest absolute Gasteiger partial charge is 0.0988 e. The minimum absolute atomic E-state index is 0.987. The van der Waals surface area contributed by atoms with Crippen LogP contribution in [-0.4, -0.2) is 0 Å². The molecule has 12 heavy (non-hydrogen) atoms. The van der Waals surface area contributed by atoms with Crippen molar-refractivity contribution in [3.8, 4) is 0 Å². The van der Waals surface area contributed by atoms with Crippen LogP contribution in [0.3, 0.4) is 0 Å². The summed E-state index contributed by atoms with van der Waals surface area (Å²) in [6.45, 7) is 5.80. The quantitative estimate of drug-likeness (QED) is 0.592. The second kappa shape index (κ2) is 4.55. The molecule has 0 bridgehead atoms. The van der Waals surface area contributed by atoms with Gasteiger partial charge in [0.05, 0.1) is 0 Å². The van der Waals surface area contributed by atoms with Gasteiger partial charge in [-0.25, -0.2) is 0 Å². The predicted molar refractivity (Wildman–Crippen MR) is 54.1 cm³/mol. The molecular formula is C12H14. The third kappa shape index (κ3) is 2.39. The van der Waals surface area contributed by atoms with Crippen LogP contribution >= 0.6 is 0 Å². The molecule has 0 atom stereocenters. The molecule has 0 N–H and O–H groups in total. The average Bonchev–Trinajstić information content (AvgIpc) is 2.16. The predicted octanol–water partition coefficient (Wildman–Crippen LogP) is 3.36. The summed E-state index contributed by atoms with van der Waals surface area (Å²) < 4.78 is 0. The van der Waals surface area contributed by atoms with Gasteiger partial charge in [0.15, 0.2) is 0 Å². The fraction of sp³-hybridized carbons (Fsp3) is 0.167. The Morgan fingerprint density at radius 3 is 2.50 bits per heavy atom. The van der Waals surface area contributed by atoms with Gasteiger partial charge in [-0.05, 0) is 24.5 Å². The molecule has 0 aliphatic carbocycles. The van der Waals surface area contributed by atoms with E-state index in [0.717, 1.165) is 6.42 Å². The van der Waals surface area contributed by atoms with Crippen LogP contribution in [0.15, 0.2) is 54.6 Å². The van der Waals surface area contributed by atoms with E-state index in [1.54, 1.807) is 0 Å². The SMILES string of the molecule is C=C/C(=C\C)Cc1ccccc1. The van der Waals surface area contributed by atoms with Crippen molar-refractivity contribution in [3.63, 3.8) is 0 Å². The summed E-state index contributed by atoms with van der Waals surface area (Å²) in [5.41, 5.74) is 2.62. The topological polar surface area (TPSA) is 0 Å². The zero-order chi connectivity index (χ0) is 8.81. The highest BCUT2D eigenvalue weighted by Crippen LogP contribution is 2.07. The Hall–Kier alpha value is -1.30. The molecule has 0 heteroatoms. The van der Waals surface area contributed by atoms with Gasteiger partial charge >= 0.3 is 0 Å². The van der Waals surface area contributed by atoms with Crippen molar-refractivity contribution < 1.29 is 0 Å². The van der Waals surface area contributed by atoms with Gasteiger partial charge in [-0.15, -0.1) is 0 Å². The van der Waals surface area contributed by atoms with E-state index < -0.39 is 0 Å². The molecule has 0 fully saturated rings. The van der Waals surface area contributed by atoms with Gasteiger partial charge in [-0.3, -0.25) is 0 Å². The lowest BCUT2D eigenvalue weighted by Crippen LogP contribution is -1.85. The monoisotopic (exact) mass is 158 g/mol. The van der Waals surface area contributed by atoms with Crippen LogP contribution in [0.2, 0.25) is 0 Å². The van der Waals surface area contributed by atoms with Crippen LogP contribution in [0.25, 0.3) is 0 Å². The molecule has 0 amide bonds. The third-order valence-electron chi connectivity index (χ3n) is 1.88. The zero-order valence-electron chi connectivity index (χ0n) is 7.46. The zero-order valence-corrected chi connectivity index (χ0v) is 7.46. The van der Waals surface area contributed by atoms with E-state index >= 15 is 0 Å². The van der Waals surface area contributed by atoms with Gasteiger partial charge < -0.3 is 0 Å². The van der Waals surface area contributed by atoms with Crippen LogP contribution in [0.5, 0.6) is 0 Å². The maximum absolute atomic E-state index is 3.76. The van der Waals surface area contributed by atoms with Gasteiger partial charge in [0.2, 0.25) is 0 Å². The molecule has 0 spiro atoms. The molecule has 0 heterocycles. The first-order chi connectivity index (χ1) is 5.86. The van der Waals surface area contributed by atoms with E-state index in [1.807, 2.05) is 19.1 Å². The summed E-state index contributed by atoms with van der Waals surface area (Å²) in [6.07, 6.45) is 4.99. The fourth-order valence-corrected chi connectivity index (χ4v) is 1.12. The van der Waals surface area contributed by atoms with Crippen LogP contribution < -0.4 is 0 Å². The molecule has 0 radical (unpaired) electrons. The molecule has 0 saturated carbocycles. The summed E-state index contributed by atoms with van der Waals surface area (Å²) in [5.74, 6) is 0. The molecule has 1 aromatic rings. The lowest BCUT2D eigenvalue weighted by Gasteiger charge is -2.00. The smallest absolute Gasteiger partial charge is 0.00293 e.